The number of rotatable bonds is 5. The Labute approximate surface area is 139 Å². The molecule has 2 N–H and O–H groups in total. The quantitative estimate of drug-likeness (QED) is 0.888. The van der Waals surface area contributed by atoms with Crippen molar-refractivity contribution in [2.75, 3.05) is 17.6 Å². The molecule has 0 unspecified atom stereocenters. The van der Waals surface area contributed by atoms with E-state index < -0.39 is 0 Å². The number of nitrogens with one attached hydrogen (secondary N) is 2. The molecular formula is C18H18N2O2S. The molecule has 1 aliphatic rings. The summed E-state index contributed by atoms with van der Waals surface area (Å²) in [5.41, 5.74) is 2.99. The van der Waals surface area contributed by atoms with E-state index in [0.717, 1.165) is 28.1 Å². The molecule has 2 aromatic carbocycles. The second kappa shape index (κ2) is 7.33. The Bertz CT molecular complexity index is 716. The van der Waals surface area contributed by atoms with Crippen LogP contribution < -0.4 is 10.6 Å². The summed E-state index contributed by atoms with van der Waals surface area (Å²) in [5, 5.41) is 5.82. The lowest BCUT2D eigenvalue weighted by Gasteiger charge is -2.17. The van der Waals surface area contributed by atoms with Crippen molar-refractivity contribution in [2.45, 2.75) is 17.7 Å². The number of fused-ring (bicyclic) bond motifs is 1. The van der Waals surface area contributed by atoms with E-state index in [0.29, 0.717) is 18.7 Å². The van der Waals surface area contributed by atoms with Gasteiger partial charge >= 0.3 is 0 Å². The van der Waals surface area contributed by atoms with Gasteiger partial charge in [-0.2, -0.15) is 0 Å². The lowest BCUT2D eigenvalue weighted by atomic mass is 10.1. The molecule has 0 fully saturated rings. The maximum Gasteiger partial charge on any atom is 0.234 e. The van der Waals surface area contributed by atoms with Crippen molar-refractivity contribution < 1.29 is 9.59 Å². The van der Waals surface area contributed by atoms with Gasteiger partial charge in [-0.15, -0.1) is 11.8 Å². The zero-order chi connectivity index (χ0) is 16.1. The minimum Gasteiger partial charge on any atom is -0.355 e. The summed E-state index contributed by atoms with van der Waals surface area (Å²) in [5.74, 6) is 0.538. The molecule has 0 saturated carbocycles. The standard InChI is InChI=1S/C18H18N2O2S/c21-17(11-13-4-2-1-3-5-13)19-9-8-14-6-7-16-15(10-14)20-18(22)12-23-16/h1-7,10H,8-9,11-12H2,(H,19,21)(H,20,22). The van der Waals surface area contributed by atoms with E-state index >= 15 is 0 Å². The van der Waals surface area contributed by atoms with Gasteiger partial charge in [0.05, 0.1) is 17.9 Å². The van der Waals surface area contributed by atoms with Gasteiger partial charge in [-0.1, -0.05) is 36.4 Å². The molecule has 118 valence electrons. The van der Waals surface area contributed by atoms with Crippen LogP contribution in [0.4, 0.5) is 5.69 Å². The molecule has 5 heteroatoms. The molecule has 4 nitrogen and oxygen atoms in total. The molecule has 0 aliphatic carbocycles. The Morgan fingerprint density at radius 3 is 2.78 bits per heavy atom. The SMILES string of the molecule is O=C(Cc1ccccc1)NCCc1ccc2c(c1)NC(=O)CS2. The van der Waals surface area contributed by atoms with E-state index in [-0.39, 0.29) is 11.8 Å². The van der Waals surface area contributed by atoms with Crippen LogP contribution in [0.5, 0.6) is 0 Å². The molecule has 2 amide bonds. The van der Waals surface area contributed by atoms with Gasteiger partial charge in [0.1, 0.15) is 0 Å². The van der Waals surface area contributed by atoms with Crippen LogP contribution in [0.1, 0.15) is 11.1 Å². The fourth-order valence-corrected chi connectivity index (χ4v) is 3.26. The van der Waals surface area contributed by atoms with Gasteiger partial charge in [0.15, 0.2) is 0 Å². The maximum atomic E-state index is 11.9. The summed E-state index contributed by atoms with van der Waals surface area (Å²) in [6, 6.07) is 15.8. The molecular weight excluding hydrogens is 308 g/mol. The Morgan fingerprint density at radius 1 is 1.13 bits per heavy atom. The van der Waals surface area contributed by atoms with Crippen LogP contribution in [-0.4, -0.2) is 24.1 Å². The van der Waals surface area contributed by atoms with E-state index in [4.69, 9.17) is 0 Å². The van der Waals surface area contributed by atoms with E-state index in [1.165, 1.54) is 0 Å². The van der Waals surface area contributed by atoms with E-state index in [2.05, 4.69) is 10.6 Å². The smallest absolute Gasteiger partial charge is 0.234 e. The highest BCUT2D eigenvalue weighted by Crippen LogP contribution is 2.31. The van der Waals surface area contributed by atoms with Crippen molar-refractivity contribution in [2.24, 2.45) is 0 Å². The summed E-state index contributed by atoms with van der Waals surface area (Å²) in [6.07, 6.45) is 1.14. The van der Waals surface area contributed by atoms with Gasteiger partial charge in [0, 0.05) is 11.4 Å². The number of hydrogen-bond acceptors (Lipinski definition) is 3. The highest BCUT2D eigenvalue weighted by atomic mass is 32.2. The molecule has 0 atom stereocenters. The molecule has 3 rings (SSSR count). The minimum atomic E-state index is 0.0259. The van der Waals surface area contributed by atoms with Gasteiger partial charge in [0.2, 0.25) is 11.8 Å². The highest BCUT2D eigenvalue weighted by Gasteiger charge is 2.15. The summed E-state index contributed by atoms with van der Waals surface area (Å²) in [7, 11) is 0. The predicted molar refractivity (Wildman–Crippen MR) is 92.7 cm³/mol. The van der Waals surface area contributed by atoms with E-state index in [1.54, 1.807) is 11.8 Å². The third-order valence-electron chi connectivity index (χ3n) is 3.62. The summed E-state index contributed by atoms with van der Waals surface area (Å²) < 4.78 is 0. The van der Waals surface area contributed by atoms with Crippen LogP contribution in [0.25, 0.3) is 0 Å². The number of thioether (sulfide) groups is 1. The maximum absolute atomic E-state index is 11.9. The normalized spacial score (nSPS) is 13.1. The second-order valence-electron chi connectivity index (χ2n) is 5.43. The zero-order valence-corrected chi connectivity index (χ0v) is 13.5. The Kier molecular flexibility index (Phi) is 4.98. The largest absolute Gasteiger partial charge is 0.355 e. The predicted octanol–water partition coefficient (Wildman–Crippen LogP) is 2.63. The first kappa shape index (κ1) is 15.6. The van der Waals surface area contributed by atoms with Crippen LogP contribution in [-0.2, 0) is 22.4 Å². The minimum absolute atomic E-state index is 0.0259. The van der Waals surface area contributed by atoms with Crippen molar-refractivity contribution in [3.63, 3.8) is 0 Å². The molecule has 0 radical (unpaired) electrons. The summed E-state index contributed by atoms with van der Waals surface area (Å²) in [4.78, 5) is 24.4. The molecule has 1 heterocycles. The van der Waals surface area contributed by atoms with Crippen LogP contribution in [0.15, 0.2) is 53.4 Å². The lowest BCUT2D eigenvalue weighted by Crippen LogP contribution is -2.27. The fraction of sp³-hybridized carbons (Fsp3) is 0.222. The van der Waals surface area contributed by atoms with E-state index in [1.807, 2.05) is 48.5 Å². The Hall–Kier alpha value is -2.27. The topological polar surface area (TPSA) is 58.2 Å². The van der Waals surface area contributed by atoms with Crippen molar-refractivity contribution >= 4 is 29.3 Å². The molecule has 2 aromatic rings. The molecule has 0 aromatic heterocycles. The number of carbonyl (C=O) groups excluding carboxylic acids is 2. The van der Waals surface area contributed by atoms with Gasteiger partial charge in [-0.25, -0.2) is 0 Å². The van der Waals surface area contributed by atoms with Gasteiger partial charge in [-0.3, -0.25) is 9.59 Å². The van der Waals surface area contributed by atoms with Crippen LogP contribution in [0.3, 0.4) is 0 Å². The lowest BCUT2D eigenvalue weighted by molar-refractivity contribution is -0.120. The average molecular weight is 326 g/mol. The molecule has 1 aliphatic heterocycles. The van der Waals surface area contributed by atoms with Crippen molar-refractivity contribution in [3.05, 3.63) is 59.7 Å². The first-order valence-electron chi connectivity index (χ1n) is 7.57. The van der Waals surface area contributed by atoms with Crippen molar-refractivity contribution in [1.29, 1.82) is 0 Å². The number of hydrogen-bond donors (Lipinski definition) is 2. The zero-order valence-electron chi connectivity index (χ0n) is 12.7. The summed E-state index contributed by atoms with van der Waals surface area (Å²) >= 11 is 1.55. The number of carbonyl (C=O) groups is 2. The first-order chi connectivity index (χ1) is 11.2. The van der Waals surface area contributed by atoms with Crippen LogP contribution in [0, 0.1) is 0 Å². The van der Waals surface area contributed by atoms with Gasteiger partial charge in [0.25, 0.3) is 0 Å². The van der Waals surface area contributed by atoms with Crippen LogP contribution in [0.2, 0.25) is 0 Å². The highest BCUT2D eigenvalue weighted by molar-refractivity contribution is 8.00. The first-order valence-corrected chi connectivity index (χ1v) is 8.55. The third-order valence-corrected chi connectivity index (χ3v) is 4.69. The number of benzene rings is 2. The average Bonchev–Trinajstić information content (AvgIpc) is 2.55. The van der Waals surface area contributed by atoms with Crippen molar-refractivity contribution in [1.82, 2.24) is 5.32 Å². The monoisotopic (exact) mass is 326 g/mol. The third kappa shape index (κ3) is 4.36. The number of anilines is 1. The summed E-state index contributed by atoms with van der Waals surface area (Å²) in [6.45, 7) is 0.589. The van der Waals surface area contributed by atoms with Gasteiger partial charge < -0.3 is 10.6 Å². The fourth-order valence-electron chi connectivity index (χ4n) is 2.48. The molecule has 0 bridgehead atoms. The molecule has 0 spiro atoms. The second-order valence-corrected chi connectivity index (χ2v) is 6.45. The Balaban J connectivity index is 1.50. The molecule has 23 heavy (non-hydrogen) atoms. The Morgan fingerprint density at radius 2 is 1.96 bits per heavy atom. The molecule has 0 saturated heterocycles. The number of amides is 2. The van der Waals surface area contributed by atoms with Gasteiger partial charge in [-0.05, 0) is 29.7 Å². The van der Waals surface area contributed by atoms with Crippen LogP contribution >= 0.6 is 11.8 Å². The van der Waals surface area contributed by atoms with Crippen molar-refractivity contribution in [3.8, 4) is 0 Å². The van der Waals surface area contributed by atoms with E-state index in [9.17, 15) is 9.59 Å².